The van der Waals surface area contributed by atoms with Crippen LogP contribution in [0.3, 0.4) is 0 Å². The van der Waals surface area contributed by atoms with Crippen LogP contribution in [0.25, 0.3) is 11.1 Å². The second-order valence-electron chi connectivity index (χ2n) is 7.31. The van der Waals surface area contributed by atoms with Gasteiger partial charge in [-0.2, -0.15) is 0 Å². The number of benzene rings is 2. The molecule has 5 heteroatoms. The van der Waals surface area contributed by atoms with Crippen LogP contribution in [-0.2, 0) is 19.1 Å². The van der Waals surface area contributed by atoms with Gasteiger partial charge in [0.15, 0.2) is 0 Å². The standard InChI is InChI=1S/C23H27NO4/c1-3-27-23(26)21(24)12-15(2)14-28-22(25)13-20-18-10-6-4-8-16(18)17-9-5-7-11-19(17)20/h4-11,15,20-21H,3,12-14,24H2,1-2H3/t15?,21-/m0/s1. The molecule has 0 fully saturated rings. The number of hydrogen-bond donors (Lipinski definition) is 1. The van der Waals surface area contributed by atoms with E-state index in [0.29, 0.717) is 19.4 Å². The van der Waals surface area contributed by atoms with Crippen molar-refractivity contribution >= 4 is 11.9 Å². The summed E-state index contributed by atoms with van der Waals surface area (Å²) in [5, 5.41) is 0. The van der Waals surface area contributed by atoms with Gasteiger partial charge >= 0.3 is 11.9 Å². The molecule has 2 N–H and O–H groups in total. The van der Waals surface area contributed by atoms with Gasteiger partial charge < -0.3 is 15.2 Å². The lowest BCUT2D eigenvalue weighted by Crippen LogP contribution is -2.34. The van der Waals surface area contributed by atoms with Gasteiger partial charge in [-0.15, -0.1) is 0 Å². The highest BCUT2D eigenvalue weighted by Crippen LogP contribution is 2.46. The summed E-state index contributed by atoms with van der Waals surface area (Å²) >= 11 is 0. The summed E-state index contributed by atoms with van der Waals surface area (Å²) in [5.41, 5.74) is 10.5. The molecule has 2 aromatic rings. The molecule has 3 rings (SSSR count). The van der Waals surface area contributed by atoms with E-state index < -0.39 is 12.0 Å². The van der Waals surface area contributed by atoms with Crippen LogP contribution in [0.4, 0.5) is 0 Å². The molecule has 1 aliphatic carbocycles. The van der Waals surface area contributed by atoms with Crippen LogP contribution >= 0.6 is 0 Å². The average molecular weight is 381 g/mol. The van der Waals surface area contributed by atoms with Gasteiger partial charge in [0, 0.05) is 5.92 Å². The molecule has 0 amide bonds. The van der Waals surface area contributed by atoms with Gasteiger partial charge in [0.1, 0.15) is 6.04 Å². The van der Waals surface area contributed by atoms with Crippen LogP contribution < -0.4 is 5.73 Å². The fourth-order valence-electron chi connectivity index (χ4n) is 3.79. The summed E-state index contributed by atoms with van der Waals surface area (Å²) in [6, 6.07) is 15.7. The van der Waals surface area contributed by atoms with Crippen molar-refractivity contribution in [2.45, 2.75) is 38.6 Å². The Kier molecular flexibility index (Phi) is 6.47. The Labute approximate surface area is 165 Å². The third-order valence-corrected chi connectivity index (χ3v) is 5.11. The van der Waals surface area contributed by atoms with Crippen LogP contribution in [-0.4, -0.2) is 31.2 Å². The summed E-state index contributed by atoms with van der Waals surface area (Å²) in [4.78, 5) is 24.1. The molecule has 1 unspecified atom stereocenters. The van der Waals surface area contributed by atoms with E-state index in [4.69, 9.17) is 15.2 Å². The fourth-order valence-corrected chi connectivity index (χ4v) is 3.79. The van der Waals surface area contributed by atoms with E-state index in [-0.39, 0.29) is 24.4 Å². The third kappa shape index (κ3) is 4.42. The minimum absolute atomic E-state index is 0.0111. The Hall–Kier alpha value is -2.66. The second kappa shape index (κ2) is 9.02. The highest BCUT2D eigenvalue weighted by atomic mass is 16.5. The molecule has 2 aromatic carbocycles. The van der Waals surface area contributed by atoms with Crippen molar-refractivity contribution in [3.05, 3.63) is 59.7 Å². The monoisotopic (exact) mass is 381 g/mol. The number of rotatable bonds is 8. The lowest BCUT2D eigenvalue weighted by atomic mass is 9.94. The molecular formula is C23H27NO4. The first-order valence-electron chi connectivity index (χ1n) is 9.77. The Morgan fingerprint density at radius 1 is 1.00 bits per heavy atom. The van der Waals surface area contributed by atoms with Gasteiger partial charge in [-0.25, -0.2) is 0 Å². The molecule has 0 aromatic heterocycles. The topological polar surface area (TPSA) is 78.6 Å². The molecule has 0 aliphatic heterocycles. The normalized spacial score (nSPS) is 14.7. The molecule has 0 bridgehead atoms. The number of esters is 2. The van der Waals surface area contributed by atoms with E-state index in [1.54, 1.807) is 6.92 Å². The molecule has 0 heterocycles. The van der Waals surface area contributed by atoms with Crippen molar-refractivity contribution in [1.29, 1.82) is 0 Å². The molecule has 148 valence electrons. The number of carbonyl (C=O) groups is 2. The fraction of sp³-hybridized carbons (Fsp3) is 0.391. The van der Waals surface area contributed by atoms with E-state index in [9.17, 15) is 9.59 Å². The number of fused-ring (bicyclic) bond motifs is 3. The zero-order valence-corrected chi connectivity index (χ0v) is 16.4. The summed E-state index contributed by atoms with van der Waals surface area (Å²) in [7, 11) is 0. The van der Waals surface area contributed by atoms with Crippen molar-refractivity contribution < 1.29 is 19.1 Å². The summed E-state index contributed by atoms with van der Waals surface area (Å²) in [6.07, 6.45) is 0.714. The molecule has 1 aliphatic rings. The zero-order valence-electron chi connectivity index (χ0n) is 16.4. The maximum atomic E-state index is 12.5. The van der Waals surface area contributed by atoms with Gasteiger partial charge in [-0.05, 0) is 41.5 Å². The Morgan fingerprint density at radius 2 is 1.57 bits per heavy atom. The number of nitrogens with two attached hydrogens (primary N) is 1. The SMILES string of the molecule is CCOC(=O)[C@@H](N)CC(C)COC(=O)CC1c2ccccc2-c2ccccc21. The maximum Gasteiger partial charge on any atom is 0.322 e. The van der Waals surface area contributed by atoms with E-state index in [1.165, 1.54) is 11.1 Å². The van der Waals surface area contributed by atoms with Gasteiger partial charge in [0.25, 0.3) is 0 Å². The Balaban J connectivity index is 1.58. The largest absolute Gasteiger partial charge is 0.465 e. The van der Waals surface area contributed by atoms with Crippen molar-refractivity contribution in [2.24, 2.45) is 11.7 Å². The molecule has 0 spiro atoms. The zero-order chi connectivity index (χ0) is 20.1. The summed E-state index contributed by atoms with van der Waals surface area (Å²) in [5.74, 6) is -0.670. The maximum absolute atomic E-state index is 12.5. The first kappa shape index (κ1) is 20.1. The summed E-state index contributed by atoms with van der Waals surface area (Å²) in [6.45, 7) is 4.20. The molecule has 28 heavy (non-hydrogen) atoms. The molecule has 0 saturated heterocycles. The minimum atomic E-state index is -0.692. The highest BCUT2D eigenvalue weighted by molar-refractivity contribution is 5.82. The van der Waals surface area contributed by atoms with E-state index in [2.05, 4.69) is 24.3 Å². The van der Waals surface area contributed by atoms with E-state index in [1.807, 2.05) is 31.2 Å². The predicted molar refractivity (Wildman–Crippen MR) is 108 cm³/mol. The Bertz CT molecular complexity index is 803. The van der Waals surface area contributed by atoms with Crippen LogP contribution in [0.5, 0.6) is 0 Å². The second-order valence-corrected chi connectivity index (χ2v) is 7.31. The van der Waals surface area contributed by atoms with Gasteiger partial charge in [-0.1, -0.05) is 55.5 Å². The molecule has 5 nitrogen and oxygen atoms in total. The molecular weight excluding hydrogens is 354 g/mol. The lowest BCUT2D eigenvalue weighted by Gasteiger charge is -2.17. The van der Waals surface area contributed by atoms with Crippen LogP contribution in [0.15, 0.2) is 48.5 Å². The van der Waals surface area contributed by atoms with Crippen LogP contribution in [0.1, 0.15) is 43.7 Å². The summed E-state index contributed by atoms with van der Waals surface area (Å²) < 4.78 is 10.4. The predicted octanol–water partition coefficient (Wildman–Crippen LogP) is 3.65. The van der Waals surface area contributed by atoms with E-state index in [0.717, 1.165) is 11.1 Å². The first-order valence-corrected chi connectivity index (χ1v) is 9.77. The highest BCUT2D eigenvalue weighted by Gasteiger charge is 2.30. The van der Waals surface area contributed by atoms with Gasteiger partial charge in [0.05, 0.1) is 19.6 Å². The van der Waals surface area contributed by atoms with Crippen molar-refractivity contribution in [3.63, 3.8) is 0 Å². The van der Waals surface area contributed by atoms with E-state index >= 15 is 0 Å². The number of hydrogen-bond acceptors (Lipinski definition) is 5. The Morgan fingerprint density at radius 3 is 2.14 bits per heavy atom. The first-order chi connectivity index (χ1) is 13.5. The van der Waals surface area contributed by atoms with Crippen LogP contribution in [0.2, 0.25) is 0 Å². The lowest BCUT2D eigenvalue weighted by molar-refractivity contribution is -0.146. The van der Waals surface area contributed by atoms with Crippen molar-refractivity contribution in [3.8, 4) is 11.1 Å². The minimum Gasteiger partial charge on any atom is -0.465 e. The molecule has 0 radical (unpaired) electrons. The number of carbonyl (C=O) groups excluding carboxylic acids is 2. The van der Waals surface area contributed by atoms with Crippen LogP contribution in [0, 0.1) is 5.92 Å². The van der Waals surface area contributed by atoms with Crippen molar-refractivity contribution in [2.75, 3.05) is 13.2 Å². The van der Waals surface area contributed by atoms with Crippen molar-refractivity contribution in [1.82, 2.24) is 0 Å². The van der Waals surface area contributed by atoms with Gasteiger partial charge in [0.2, 0.25) is 0 Å². The smallest absolute Gasteiger partial charge is 0.322 e. The third-order valence-electron chi connectivity index (χ3n) is 5.11. The molecule has 2 atom stereocenters. The molecule has 0 saturated carbocycles. The number of ether oxygens (including phenoxy) is 2. The van der Waals surface area contributed by atoms with Gasteiger partial charge in [-0.3, -0.25) is 9.59 Å². The average Bonchev–Trinajstić information content (AvgIpc) is 3.01. The quantitative estimate of drug-likeness (QED) is 0.706.